The summed E-state index contributed by atoms with van der Waals surface area (Å²) in [4.78, 5) is 0. The van der Waals surface area contributed by atoms with Crippen LogP contribution in [0.25, 0.3) is 0 Å². The lowest BCUT2D eigenvalue weighted by Gasteiger charge is -2.28. The van der Waals surface area contributed by atoms with E-state index in [2.05, 4.69) is 36.0 Å². The van der Waals surface area contributed by atoms with E-state index in [1.54, 1.807) is 11.3 Å². The summed E-state index contributed by atoms with van der Waals surface area (Å²) < 4.78 is 0. The topological polar surface area (TPSA) is 32.3 Å². The van der Waals surface area contributed by atoms with Crippen molar-refractivity contribution in [1.29, 1.82) is 0 Å². The highest BCUT2D eigenvalue weighted by Crippen LogP contribution is 2.13. The molecule has 0 aliphatic carbocycles. The zero-order valence-corrected chi connectivity index (χ0v) is 9.73. The standard InChI is InChI=1S/C11H19NOS/c1-3-5-11(2,9-13)12-7-10-4-6-14-8-10/h4,6,8,12-13H,3,5,7,9H2,1-2H3. The minimum atomic E-state index is -0.128. The fraction of sp³-hybridized carbons (Fsp3) is 0.636. The lowest BCUT2D eigenvalue weighted by Crippen LogP contribution is -2.45. The third-order valence-electron chi connectivity index (χ3n) is 2.45. The van der Waals surface area contributed by atoms with Gasteiger partial charge in [0, 0.05) is 12.1 Å². The Hall–Kier alpha value is -0.380. The second-order valence-electron chi connectivity index (χ2n) is 3.95. The zero-order chi connectivity index (χ0) is 10.4. The first-order valence-corrected chi connectivity index (χ1v) is 6.01. The Kier molecular flexibility index (Phi) is 4.58. The summed E-state index contributed by atoms with van der Waals surface area (Å²) in [6, 6.07) is 2.11. The van der Waals surface area contributed by atoms with Gasteiger partial charge in [-0.05, 0) is 35.7 Å². The van der Waals surface area contributed by atoms with E-state index in [-0.39, 0.29) is 12.1 Å². The van der Waals surface area contributed by atoms with Crippen LogP contribution < -0.4 is 5.32 Å². The first-order valence-electron chi connectivity index (χ1n) is 5.07. The van der Waals surface area contributed by atoms with Crippen molar-refractivity contribution in [3.8, 4) is 0 Å². The van der Waals surface area contributed by atoms with Gasteiger partial charge in [-0.2, -0.15) is 11.3 Å². The molecule has 2 nitrogen and oxygen atoms in total. The van der Waals surface area contributed by atoms with Crippen molar-refractivity contribution < 1.29 is 5.11 Å². The molecule has 80 valence electrons. The highest BCUT2D eigenvalue weighted by Gasteiger charge is 2.20. The molecule has 1 heterocycles. The maximum Gasteiger partial charge on any atom is 0.0610 e. The van der Waals surface area contributed by atoms with Crippen molar-refractivity contribution >= 4 is 11.3 Å². The van der Waals surface area contributed by atoms with E-state index in [1.165, 1.54) is 5.56 Å². The SMILES string of the molecule is CCCC(C)(CO)NCc1ccsc1. The van der Waals surface area contributed by atoms with Crippen LogP contribution in [0.15, 0.2) is 16.8 Å². The Morgan fingerprint density at radius 2 is 2.36 bits per heavy atom. The molecule has 0 saturated heterocycles. The van der Waals surface area contributed by atoms with Gasteiger partial charge >= 0.3 is 0 Å². The van der Waals surface area contributed by atoms with E-state index in [9.17, 15) is 5.11 Å². The number of hydrogen-bond donors (Lipinski definition) is 2. The first kappa shape index (κ1) is 11.7. The molecule has 1 aromatic heterocycles. The highest BCUT2D eigenvalue weighted by atomic mass is 32.1. The Bertz CT molecular complexity index is 248. The normalized spacial score (nSPS) is 15.4. The summed E-state index contributed by atoms with van der Waals surface area (Å²) in [6.07, 6.45) is 2.10. The maximum absolute atomic E-state index is 9.29. The molecule has 0 radical (unpaired) electrons. The molecule has 0 fully saturated rings. The van der Waals surface area contributed by atoms with Gasteiger partial charge < -0.3 is 10.4 Å². The van der Waals surface area contributed by atoms with E-state index in [0.29, 0.717) is 0 Å². The lowest BCUT2D eigenvalue weighted by molar-refractivity contribution is 0.163. The van der Waals surface area contributed by atoms with Crippen LogP contribution in [0.5, 0.6) is 0 Å². The van der Waals surface area contributed by atoms with Gasteiger partial charge in [0.05, 0.1) is 6.61 Å². The maximum atomic E-state index is 9.29. The Morgan fingerprint density at radius 3 is 2.86 bits per heavy atom. The third kappa shape index (κ3) is 3.40. The summed E-state index contributed by atoms with van der Waals surface area (Å²) in [7, 11) is 0. The summed E-state index contributed by atoms with van der Waals surface area (Å²) in [6.45, 7) is 5.26. The molecule has 0 saturated carbocycles. The monoisotopic (exact) mass is 213 g/mol. The predicted molar refractivity (Wildman–Crippen MR) is 61.6 cm³/mol. The highest BCUT2D eigenvalue weighted by molar-refractivity contribution is 7.07. The van der Waals surface area contributed by atoms with E-state index < -0.39 is 0 Å². The number of aliphatic hydroxyl groups is 1. The smallest absolute Gasteiger partial charge is 0.0610 e. The van der Waals surface area contributed by atoms with Gasteiger partial charge in [0.1, 0.15) is 0 Å². The largest absolute Gasteiger partial charge is 0.394 e. The van der Waals surface area contributed by atoms with Crippen molar-refractivity contribution in [2.24, 2.45) is 0 Å². The molecule has 0 spiro atoms. The number of rotatable bonds is 6. The average Bonchev–Trinajstić information content (AvgIpc) is 2.68. The van der Waals surface area contributed by atoms with Gasteiger partial charge in [0.2, 0.25) is 0 Å². The minimum Gasteiger partial charge on any atom is -0.394 e. The summed E-state index contributed by atoms with van der Waals surface area (Å²) >= 11 is 1.71. The quantitative estimate of drug-likeness (QED) is 0.760. The Morgan fingerprint density at radius 1 is 1.57 bits per heavy atom. The Labute approximate surface area is 90.0 Å². The van der Waals surface area contributed by atoms with Crippen LogP contribution in [0.3, 0.4) is 0 Å². The van der Waals surface area contributed by atoms with Crippen LogP contribution >= 0.6 is 11.3 Å². The van der Waals surface area contributed by atoms with E-state index >= 15 is 0 Å². The van der Waals surface area contributed by atoms with Crippen molar-refractivity contribution in [1.82, 2.24) is 5.32 Å². The molecule has 1 rings (SSSR count). The fourth-order valence-corrected chi connectivity index (χ4v) is 2.15. The van der Waals surface area contributed by atoms with Crippen LogP contribution in [0, 0.1) is 0 Å². The van der Waals surface area contributed by atoms with Crippen molar-refractivity contribution in [3.05, 3.63) is 22.4 Å². The molecule has 0 bridgehead atoms. The molecule has 2 N–H and O–H groups in total. The molecule has 1 atom stereocenters. The van der Waals surface area contributed by atoms with Gasteiger partial charge in [-0.25, -0.2) is 0 Å². The van der Waals surface area contributed by atoms with Crippen molar-refractivity contribution in [2.75, 3.05) is 6.61 Å². The van der Waals surface area contributed by atoms with E-state index in [1.807, 2.05) is 0 Å². The van der Waals surface area contributed by atoms with Crippen molar-refractivity contribution in [3.63, 3.8) is 0 Å². The van der Waals surface area contributed by atoms with Gasteiger partial charge in [0.15, 0.2) is 0 Å². The fourth-order valence-electron chi connectivity index (χ4n) is 1.48. The average molecular weight is 213 g/mol. The second kappa shape index (κ2) is 5.49. The third-order valence-corrected chi connectivity index (χ3v) is 3.18. The van der Waals surface area contributed by atoms with Crippen molar-refractivity contribution in [2.45, 2.75) is 38.8 Å². The predicted octanol–water partition coefficient (Wildman–Crippen LogP) is 2.39. The molecule has 0 aliphatic rings. The minimum absolute atomic E-state index is 0.128. The van der Waals surface area contributed by atoms with Crippen LogP contribution in [0.4, 0.5) is 0 Å². The molecule has 0 amide bonds. The number of aliphatic hydroxyl groups excluding tert-OH is 1. The molecule has 14 heavy (non-hydrogen) atoms. The van der Waals surface area contributed by atoms with Gasteiger partial charge in [-0.3, -0.25) is 0 Å². The van der Waals surface area contributed by atoms with Gasteiger partial charge in [-0.15, -0.1) is 0 Å². The number of hydrogen-bond acceptors (Lipinski definition) is 3. The Balaban J connectivity index is 2.41. The molecule has 0 aliphatic heterocycles. The molecular formula is C11H19NOS. The lowest BCUT2D eigenvalue weighted by atomic mass is 9.97. The van der Waals surface area contributed by atoms with Crippen LogP contribution in [-0.4, -0.2) is 17.3 Å². The summed E-state index contributed by atoms with van der Waals surface area (Å²) in [5.74, 6) is 0. The van der Waals surface area contributed by atoms with Crippen LogP contribution in [0.1, 0.15) is 32.3 Å². The summed E-state index contributed by atoms with van der Waals surface area (Å²) in [5.41, 5.74) is 1.17. The van der Waals surface area contributed by atoms with Crippen LogP contribution in [-0.2, 0) is 6.54 Å². The first-order chi connectivity index (χ1) is 6.70. The molecule has 0 aromatic carbocycles. The molecule has 1 unspecified atom stereocenters. The molecule has 3 heteroatoms. The van der Waals surface area contributed by atoms with Gasteiger partial charge in [0.25, 0.3) is 0 Å². The molecular weight excluding hydrogens is 194 g/mol. The van der Waals surface area contributed by atoms with Crippen LogP contribution in [0.2, 0.25) is 0 Å². The van der Waals surface area contributed by atoms with E-state index in [0.717, 1.165) is 19.4 Å². The number of nitrogens with one attached hydrogen (secondary N) is 1. The summed E-state index contributed by atoms with van der Waals surface area (Å²) in [5, 5.41) is 16.9. The van der Waals surface area contributed by atoms with Gasteiger partial charge in [-0.1, -0.05) is 13.3 Å². The number of thiophene rings is 1. The van der Waals surface area contributed by atoms with E-state index in [4.69, 9.17) is 0 Å². The zero-order valence-electron chi connectivity index (χ0n) is 8.92. The molecule has 1 aromatic rings. The second-order valence-corrected chi connectivity index (χ2v) is 4.73.